The second-order valence-corrected chi connectivity index (χ2v) is 3.81. The van der Waals surface area contributed by atoms with Crippen LogP contribution in [0.3, 0.4) is 0 Å². The summed E-state index contributed by atoms with van der Waals surface area (Å²) in [4.78, 5) is 4.33. The van der Waals surface area contributed by atoms with Crippen molar-refractivity contribution in [2.45, 2.75) is 6.42 Å². The van der Waals surface area contributed by atoms with E-state index in [0.29, 0.717) is 0 Å². The molecule has 80 valence electrons. The van der Waals surface area contributed by atoms with Crippen LogP contribution in [0, 0.1) is 34.5 Å². The number of nitrogens with zero attached hydrogens (tertiary/aromatic N) is 3. The lowest BCUT2D eigenvalue weighted by molar-refractivity contribution is 0.577. The molecule has 4 nitrogen and oxygen atoms in total. The predicted molar refractivity (Wildman–Crippen MR) is 60.4 cm³/mol. The molecule has 0 aromatic heterocycles. The molecule has 0 aromatic carbocycles. The zero-order valence-corrected chi connectivity index (χ0v) is 8.85. The molecule has 2 rings (SSSR count). The minimum Gasteiger partial charge on any atom is -0.368 e. The van der Waals surface area contributed by atoms with Crippen LogP contribution in [-0.2, 0) is 0 Å². The van der Waals surface area contributed by atoms with Crippen LogP contribution < -0.4 is 5.32 Å². The van der Waals surface area contributed by atoms with Gasteiger partial charge in [-0.1, -0.05) is 18.2 Å². The lowest BCUT2D eigenvalue weighted by atomic mass is 9.87. The predicted octanol–water partition coefficient (Wildman–Crippen LogP) is 1.15. The second-order valence-electron chi connectivity index (χ2n) is 3.81. The average Bonchev–Trinajstić information content (AvgIpc) is 2.85. The molecule has 0 amide bonds. The first-order valence-electron chi connectivity index (χ1n) is 5.31. The molecule has 0 radical (unpaired) electrons. The van der Waals surface area contributed by atoms with Gasteiger partial charge in [0.2, 0.25) is 0 Å². The molecule has 0 fully saturated rings. The quantitative estimate of drug-likeness (QED) is 0.746. The van der Waals surface area contributed by atoms with E-state index in [4.69, 9.17) is 10.5 Å². The van der Waals surface area contributed by atoms with Crippen LogP contribution in [0.2, 0.25) is 0 Å². The molecule has 0 bridgehead atoms. The van der Waals surface area contributed by atoms with Crippen LogP contribution in [0.1, 0.15) is 6.42 Å². The van der Waals surface area contributed by atoms with Crippen molar-refractivity contribution in [3.8, 4) is 12.1 Å². The largest absolute Gasteiger partial charge is 0.368 e. The molecule has 1 unspecified atom stereocenters. The van der Waals surface area contributed by atoms with Gasteiger partial charge in [-0.3, -0.25) is 4.99 Å². The Bertz CT molecular complexity index is 431. The fourth-order valence-corrected chi connectivity index (χ4v) is 1.87. The Morgan fingerprint density at radius 1 is 1.44 bits per heavy atom. The van der Waals surface area contributed by atoms with E-state index in [1.54, 1.807) is 0 Å². The van der Waals surface area contributed by atoms with E-state index in [1.165, 1.54) is 0 Å². The Labute approximate surface area is 94.6 Å². The molecule has 1 N–H and O–H groups in total. The Morgan fingerprint density at radius 3 is 2.75 bits per heavy atom. The lowest BCUT2D eigenvalue weighted by Crippen LogP contribution is -2.21. The van der Waals surface area contributed by atoms with Gasteiger partial charge in [-0.05, 0) is 6.42 Å². The average molecular weight is 212 g/mol. The second kappa shape index (κ2) is 4.63. The zero-order valence-electron chi connectivity index (χ0n) is 8.85. The van der Waals surface area contributed by atoms with Crippen molar-refractivity contribution in [2.24, 2.45) is 16.8 Å². The van der Waals surface area contributed by atoms with Crippen molar-refractivity contribution in [3.63, 3.8) is 0 Å². The third-order valence-corrected chi connectivity index (χ3v) is 2.79. The third kappa shape index (κ3) is 1.97. The Hall–Kier alpha value is -2.07. The summed E-state index contributed by atoms with van der Waals surface area (Å²) in [7, 11) is 0. The Kier molecular flexibility index (Phi) is 3.03. The molecular weight excluding hydrogens is 200 g/mol. The van der Waals surface area contributed by atoms with Gasteiger partial charge in [0.1, 0.15) is 11.8 Å². The Morgan fingerprint density at radius 2 is 2.25 bits per heavy atom. The highest BCUT2D eigenvalue weighted by Gasteiger charge is 2.21. The molecule has 0 aromatic rings. The van der Waals surface area contributed by atoms with Crippen LogP contribution in [0.15, 0.2) is 28.8 Å². The first-order valence-corrected chi connectivity index (χ1v) is 5.31. The van der Waals surface area contributed by atoms with Gasteiger partial charge in [-0.2, -0.15) is 10.5 Å². The number of nitriles is 2. The summed E-state index contributed by atoms with van der Waals surface area (Å²) >= 11 is 0. The molecule has 0 spiro atoms. The highest BCUT2D eigenvalue weighted by molar-refractivity contribution is 6.01. The molecule has 16 heavy (non-hydrogen) atoms. The van der Waals surface area contributed by atoms with Gasteiger partial charge in [0.05, 0.1) is 18.7 Å². The van der Waals surface area contributed by atoms with Crippen LogP contribution in [0.25, 0.3) is 0 Å². The molecule has 1 atom stereocenters. The highest BCUT2D eigenvalue weighted by Crippen LogP contribution is 2.23. The highest BCUT2D eigenvalue weighted by atomic mass is 15.1. The molecular formula is C12H12N4. The summed E-state index contributed by atoms with van der Waals surface area (Å²) in [6, 6.07) is 4.04. The SMILES string of the molecule is N#CC(C#N)C1C=CC(C2=NCCN2)=CC1. The molecule has 2 aliphatic rings. The van der Waals surface area contributed by atoms with Gasteiger partial charge in [-0.15, -0.1) is 0 Å². The number of amidine groups is 1. The van der Waals surface area contributed by atoms with Crippen LogP contribution in [0.5, 0.6) is 0 Å². The van der Waals surface area contributed by atoms with Gasteiger partial charge in [0.25, 0.3) is 0 Å². The van der Waals surface area contributed by atoms with E-state index in [2.05, 4.69) is 10.3 Å². The van der Waals surface area contributed by atoms with Gasteiger partial charge in [-0.25, -0.2) is 0 Å². The fraction of sp³-hybridized carbons (Fsp3) is 0.417. The van der Waals surface area contributed by atoms with Crippen LogP contribution in [0.4, 0.5) is 0 Å². The van der Waals surface area contributed by atoms with Crippen molar-refractivity contribution < 1.29 is 0 Å². The van der Waals surface area contributed by atoms with E-state index in [-0.39, 0.29) is 5.92 Å². The van der Waals surface area contributed by atoms with E-state index >= 15 is 0 Å². The normalized spacial score (nSPS) is 23.1. The summed E-state index contributed by atoms with van der Waals surface area (Å²) in [5.41, 5.74) is 1.07. The van der Waals surface area contributed by atoms with Gasteiger partial charge in [0, 0.05) is 18.0 Å². The summed E-state index contributed by atoms with van der Waals surface area (Å²) in [6.45, 7) is 1.71. The maximum absolute atomic E-state index is 8.79. The monoisotopic (exact) mass is 212 g/mol. The third-order valence-electron chi connectivity index (χ3n) is 2.79. The topological polar surface area (TPSA) is 72.0 Å². The number of hydrogen-bond acceptors (Lipinski definition) is 4. The number of allylic oxidation sites excluding steroid dienone is 2. The van der Waals surface area contributed by atoms with Crippen molar-refractivity contribution >= 4 is 5.84 Å². The van der Waals surface area contributed by atoms with Crippen LogP contribution in [-0.4, -0.2) is 18.9 Å². The smallest absolute Gasteiger partial charge is 0.139 e. The van der Waals surface area contributed by atoms with Gasteiger partial charge < -0.3 is 5.32 Å². The first kappa shape index (κ1) is 10.4. The molecule has 0 saturated carbocycles. The number of hydrogen-bond donors (Lipinski definition) is 1. The van der Waals surface area contributed by atoms with Crippen molar-refractivity contribution in [2.75, 3.05) is 13.1 Å². The zero-order chi connectivity index (χ0) is 11.4. The molecule has 0 saturated heterocycles. The summed E-state index contributed by atoms with van der Waals surface area (Å²) in [5.74, 6) is 0.397. The van der Waals surface area contributed by atoms with E-state index in [9.17, 15) is 0 Å². The minimum absolute atomic E-state index is 0.0146. The standard InChI is InChI=1S/C12H12N4/c13-7-11(8-14)9-1-3-10(4-2-9)12-15-5-6-16-12/h1,3-4,9,11H,2,5-6H2,(H,15,16). The van der Waals surface area contributed by atoms with Gasteiger partial charge in [0.15, 0.2) is 0 Å². The van der Waals surface area contributed by atoms with Crippen molar-refractivity contribution in [1.82, 2.24) is 5.32 Å². The number of aliphatic imine (C=N–C) groups is 1. The minimum atomic E-state index is -0.549. The maximum atomic E-state index is 8.79. The molecule has 1 heterocycles. The summed E-state index contributed by atoms with van der Waals surface area (Å²) in [5, 5.41) is 20.8. The van der Waals surface area contributed by atoms with Gasteiger partial charge >= 0.3 is 0 Å². The Balaban J connectivity index is 2.04. The van der Waals surface area contributed by atoms with Crippen LogP contribution >= 0.6 is 0 Å². The molecule has 1 aliphatic carbocycles. The number of nitrogens with one attached hydrogen (secondary N) is 1. The number of rotatable bonds is 2. The van der Waals surface area contributed by atoms with Crippen molar-refractivity contribution in [1.29, 1.82) is 10.5 Å². The molecule has 1 aliphatic heterocycles. The summed E-state index contributed by atoms with van der Waals surface area (Å²) < 4.78 is 0. The maximum Gasteiger partial charge on any atom is 0.139 e. The summed E-state index contributed by atoms with van der Waals surface area (Å²) in [6.07, 6.45) is 6.67. The lowest BCUT2D eigenvalue weighted by Gasteiger charge is -2.16. The molecule has 4 heteroatoms. The first-order chi connectivity index (χ1) is 7.85. The van der Waals surface area contributed by atoms with Crippen molar-refractivity contribution in [3.05, 3.63) is 23.8 Å². The fourth-order valence-electron chi connectivity index (χ4n) is 1.87. The van der Waals surface area contributed by atoms with E-state index < -0.39 is 5.92 Å². The van der Waals surface area contributed by atoms with E-state index in [1.807, 2.05) is 30.4 Å². The van der Waals surface area contributed by atoms with E-state index in [0.717, 1.165) is 30.9 Å².